The van der Waals surface area contributed by atoms with Crippen molar-refractivity contribution in [2.75, 3.05) is 0 Å². The third-order valence-electron chi connectivity index (χ3n) is 2.76. The molecule has 2 unspecified atom stereocenters. The lowest BCUT2D eigenvalue weighted by Crippen LogP contribution is -2.28. The molecule has 0 aliphatic heterocycles. The van der Waals surface area contributed by atoms with Crippen LogP contribution in [0.5, 0.6) is 0 Å². The van der Waals surface area contributed by atoms with E-state index in [-0.39, 0.29) is 0 Å². The van der Waals surface area contributed by atoms with Crippen molar-refractivity contribution in [1.29, 1.82) is 0 Å². The van der Waals surface area contributed by atoms with Crippen molar-refractivity contribution in [2.45, 2.75) is 18.9 Å². The number of nitro groups is 1. The summed E-state index contributed by atoms with van der Waals surface area (Å²) >= 11 is 0. The molecule has 0 amide bonds. The number of hydrogen-bond donors (Lipinski definition) is 0. The van der Waals surface area contributed by atoms with Crippen LogP contribution in [0.2, 0.25) is 0 Å². The van der Waals surface area contributed by atoms with Gasteiger partial charge in [-0.15, -0.1) is 0 Å². The van der Waals surface area contributed by atoms with E-state index in [1.807, 2.05) is 6.07 Å². The first-order valence-electron chi connectivity index (χ1n) is 4.76. The minimum Gasteiger partial charge on any atom is -0.303 e. The molecule has 0 N–H and O–H groups in total. The molecule has 1 aromatic rings. The Bertz CT molecular complexity index is 405. The van der Waals surface area contributed by atoms with E-state index in [0.717, 1.165) is 5.56 Å². The van der Waals surface area contributed by atoms with Crippen molar-refractivity contribution < 1.29 is 9.72 Å². The molecule has 78 valence electrons. The smallest absolute Gasteiger partial charge is 0.264 e. The van der Waals surface area contributed by atoms with E-state index in [0.29, 0.717) is 24.8 Å². The van der Waals surface area contributed by atoms with Crippen LogP contribution in [-0.4, -0.2) is 16.2 Å². The first kappa shape index (κ1) is 9.76. The van der Waals surface area contributed by atoms with Crippen LogP contribution in [0.1, 0.15) is 23.7 Å². The van der Waals surface area contributed by atoms with E-state index in [4.69, 9.17) is 0 Å². The largest absolute Gasteiger partial charge is 0.303 e. The van der Waals surface area contributed by atoms with Gasteiger partial charge in [0.1, 0.15) is 12.0 Å². The van der Waals surface area contributed by atoms with E-state index in [1.165, 1.54) is 6.20 Å². The zero-order chi connectivity index (χ0) is 10.8. The van der Waals surface area contributed by atoms with Gasteiger partial charge in [0, 0.05) is 11.1 Å². The summed E-state index contributed by atoms with van der Waals surface area (Å²) in [6, 6.07) is 2.63. The fraction of sp³-hybridized carbons (Fsp3) is 0.400. The Morgan fingerprint density at radius 3 is 3.07 bits per heavy atom. The molecule has 0 radical (unpaired) electrons. The molecule has 0 spiro atoms. The number of rotatable bonds is 2. The monoisotopic (exact) mass is 206 g/mol. The molecule has 5 heteroatoms. The van der Waals surface area contributed by atoms with Crippen molar-refractivity contribution in [2.24, 2.45) is 5.92 Å². The van der Waals surface area contributed by atoms with Crippen molar-refractivity contribution >= 4 is 6.29 Å². The Morgan fingerprint density at radius 2 is 2.40 bits per heavy atom. The summed E-state index contributed by atoms with van der Waals surface area (Å²) in [6.45, 7) is 0. The molecule has 0 fully saturated rings. The van der Waals surface area contributed by atoms with Gasteiger partial charge in [0.2, 0.25) is 0 Å². The van der Waals surface area contributed by atoms with Crippen LogP contribution in [0, 0.1) is 16.0 Å². The standard InChI is InChI=1S/C10H10N2O3/c13-6-8-4-3-7-2-1-5-11-9(7)10(8)12(14)15/h1-2,5-6,8,10H,3-4H2. The molecule has 1 heterocycles. The highest BCUT2D eigenvalue weighted by Crippen LogP contribution is 2.33. The predicted molar refractivity (Wildman–Crippen MR) is 51.8 cm³/mol. The molecule has 0 bridgehead atoms. The summed E-state index contributed by atoms with van der Waals surface area (Å²) < 4.78 is 0. The number of aldehydes is 1. The molecule has 2 atom stereocenters. The topological polar surface area (TPSA) is 73.1 Å². The molecule has 2 rings (SSSR count). The third-order valence-corrected chi connectivity index (χ3v) is 2.76. The number of carbonyl (C=O) groups excluding carboxylic acids is 1. The van der Waals surface area contributed by atoms with Gasteiger partial charge >= 0.3 is 0 Å². The Kier molecular flexibility index (Phi) is 2.45. The Labute approximate surface area is 86.3 Å². The normalized spacial score (nSPS) is 24.3. The van der Waals surface area contributed by atoms with Gasteiger partial charge in [0.25, 0.3) is 6.04 Å². The maximum Gasteiger partial charge on any atom is 0.264 e. The van der Waals surface area contributed by atoms with Crippen LogP contribution in [0.15, 0.2) is 18.3 Å². The average molecular weight is 206 g/mol. The van der Waals surface area contributed by atoms with Crippen LogP contribution in [0.3, 0.4) is 0 Å². The van der Waals surface area contributed by atoms with Crippen LogP contribution in [0.25, 0.3) is 0 Å². The Morgan fingerprint density at radius 1 is 1.60 bits per heavy atom. The van der Waals surface area contributed by atoms with Crippen molar-refractivity contribution in [3.8, 4) is 0 Å². The van der Waals surface area contributed by atoms with Gasteiger partial charge in [-0.05, 0) is 24.5 Å². The number of carbonyl (C=O) groups is 1. The lowest BCUT2D eigenvalue weighted by Gasteiger charge is -2.22. The third kappa shape index (κ3) is 1.60. The maximum absolute atomic E-state index is 10.9. The second kappa shape index (κ2) is 3.76. The molecule has 5 nitrogen and oxygen atoms in total. The second-order valence-corrected chi connectivity index (χ2v) is 3.62. The molecule has 1 aliphatic rings. The Balaban J connectivity index is 2.47. The number of fused-ring (bicyclic) bond motifs is 1. The number of aryl methyl sites for hydroxylation is 1. The van der Waals surface area contributed by atoms with Gasteiger partial charge in [-0.1, -0.05) is 6.07 Å². The SMILES string of the molecule is O=CC1CCc2cccnc2C1[N+](=O)[O-]. The van der Waals surface area contributed by atoms with E-state index < -0.39 is 16.9 Å². The maximum atomic E-state index is 10.9. The summed E-state index contributed by atoms with van der Waals surface area (Å²) in [6.07, 6.45) is 3.43. The fourth-order valence-corrected chi connectivity index (χ4v) is 2.01. The molecule has 0 saturated carbocycles. The zero-order valence-corrected chi connectivity index (χ0v) is 8.00. The summed E-state index contributed by atoms with van der Waals surface area (Å²) in [5.74, 6) is -0.539. The number of hydrogen-bond acceptors (Lipinski definition) is 4. The minimum atomic E-state index is -0.965. The average Bonchev–Trinajstić information content (AvgIpc) is 2.27. The van der Waals surface area contributed by atoms with Gasteiger partial charge in [-0.3, -0.25) is 15.1 Å². The second-order valence-electron chi connectivity index (χ2n) is 3.62. The highest BCUT2D eigenvalue weighted by Gasteiger charge is 2.39. The van der Waals surface area contributed by atoms with E-state index in [2.05, 4.69) is 4.98 Å². The highest BCUT2D eigenvalue weighted by molar-refractivity contribution is 5.56. The summed E-state index contributed by atoms with van der Waals surface area (Å²) in [4.78, 5) is 25.3. The molecular formula is C10H10N2O3. The van der Waals surface area contributed by atoms with Crippen LogP contribution in [-0.2, 0) is 11.2 Å². The fourth-order valence-electron chi connectivity index (χ4n) is 2.01. The molecular weight excluding hydrogens is 196 g/mol. The van der Waals surface area contributed by atoms with Gasteiger partial charge in [-0.25, -0.2) is 0 Å². The quantitative estimate of drug-likeness (QED) is 0.413. The Hall–Kier alpha value is -1.78. The summed E-state index contributed by atoms with van der Waals surface area (Å²) in [5, 5.41) is 10.9. The molecule has 1 aromatic heterocycles. The van der Waals surface area contributed by atoms with E-state index >= 15 is 0 Å². The van der Waals surface area contributed by atoms with Crippen LogP contribution >= 0.6 is 0 Å². The lowest BCUT2D eigenvalue weighted by atomic mass is 9.84. The summed E-state index contributed by atoms with van der Waals surface area (Å²) in [5.41, 5.74) is 1.34. The van der Waals surface area contributed by atoms with Crippen molar-refractivity contribution in [3.05, 3.63) is 39.7 Å². The van der Waals surface area contributed by atoms with Crippen molar-refractivity contribution in [1.82, 2.24) is 4.98 Å². The molecule has 1 aliphatic carbocycles. The predicted octanol–water partition coefficient (Wildman–Crippen LogP) is 1.16. The number of nitrogens with zero attached hydrogens (tertiary/aromatic N) is 2. The van der Waals surface area contributed by atoms with Gasteiger partial charge in [0.15, 0.2) is 0 Å². The lowest BCUT2D eigenvalue weighted by molar-refractivity contribution is -0.537. The number of aromatic nitrogens is 1. The van der Waals surface area contributed by atoms with E-state index in [1.54, 1.807) is 6.07 Å². The zero-order valence-electron chi connectivity index (χ0n) is 8.00. The highest BCUT2D eigenvalue weighted by atomic mass is 16.6. The molecule has 15 heavy (non-hydrogen) atoms. The first-order chi connectivity index (χ1) is 7.24. The molecule has 0 saturated heterocycles. The van der Waals surface area contributed by atoms with Gasteiger partial charge in [-0.2, -0.15) is 0 Å². The van der Waals surface area contributed by atoms with Crippen LogP contribution in [0.4, 0.5) is 0 Å². The van der Waals surface area contributed by atoms with Gasteiger partial charge in [0.05, 0.1) is 5.92 Å². The summed E-state index contributed by atoms with van der Waals surface area (Å²) in [7, 11) is 0. The van der Waals surface area contributed by atoms with Gasteiger partial charge < -0.3 is 4.79 Å². The first-order valence-corrected chi connectivity index (χ1v) is 4.76. The van der Waals surface area contributed by atoms with Crippen molar-refractivity contribution in [3.63, 3.8) is 0 Å². The van der Waals surface area contributed by atoms with Crippen LogP contribution < -0.4 is 0 Å². The minimum absolute atomic E-state index is 0.413. The number of pyridine rings is 1. The molecule has 0 aromatic carbocycles. The van der Waals surface area contributed by atoms with E-state index in [9.17, 15) is 14.9 Å².